The Balaban J connectivity index is 2.23. The molecule has 0 bridgehead atoms. The van der Waals surface area contributed by atoms with Crippen LogP contribution in [0.1, 0.15) is 5.56 Å². The summed E-state index contributed by atoms with van der Waals surface area (Å²) in [4.78, 5) is 0. The summed E-state index contributed by atoms with van der Waals surface area (Å²) in [5.41, 5.74) is 0.872. The van der Waals surface area contributed by atoms with Gasteiger partial charge < -0.3 is 0 Å². The van der Waals surface area contributed by atoms with E-state index >= 15 is 0 Å². The highest BCUT2D eigenvalue weighted by atomic mass is 35.5. The fourth-order valence-corrected chi connectivity index (χ4v) is 5.66. The molecule has 0 N–H and O–H groups in total. The molecule has 1 fully saturated rings. The normalized spacial score (nSPS) is 18.8. The predicted molar refractivity (Wildman–Crippen MR) is 70.0 cm³/mol. The molecule has 0 saturated carbocycles. The van der Waals surface area contributed by atoms with Gasteiger partial charge in [0.15, 0.2) is 0 Å². The van der Waals surface area contributed by atoms with E-state index in [4.69, 9.17) is 11.6 Å². The van der Waals surface area contributed by atoms with Gasteiger partial charge in [-0.05, 0) is 17.0 Å². The third-order valence-corrected chi connectivity index (χ3v) is 6.96. The van der Waals surface area contributed by atoms with E-state index in [1.165, 1.54) is 11.3 Å². The van der Waals surface area contributed by atoms with Crippen molar-refractivity contribution in [1.82, 2.24) is 4.31 Å². The van der Waals surface area contributed by atoms with Crippen LogP contribution in [0.25, 0.3) is 0 Å². The molecule has 1 aliphatic heterocycles. The van der Waals surface area contributed by atoms with Crippen LogP contribution in [0.3, 0.4) is 0 Å². The zero-order chi connectivity index (χ0) is 11.6. The van der Waals surface area contributed by atoms with E-state index in [2.05, 4.69) is 0 Å². The van der Waals surface area contributed by atoms with Crippen LogP contribution < -0.4 is 0 Å². The highest BCUT2D eigenvalue weighted by Gasteiger charge is 2.27. The van der Waals surface area contributed by atoms with E-state index in [0.29, 0.717) is 23.2 Å². The lowest BCUT2D eigenvalue weighted by Gasteiger charge is -2.24. The van der Waals surface area contributed by atoms with E-state index in [9.17, 15) is 8.42 Å². The van der Waals surface area contributed by atoms with Gasteiger partial charge in [-0.3, -0.25) is 0 Å². The summed E-state index contributed by atoms with van der Waals surface area (Å²) in [6.07, 6.45) is 0. The van der Waals surface area contributed by atoms with Crippen molar-refractivity contribution in [3.63, 3.8) is 0 Å². The monoisotopic (exact) mass is 297 g/mol. The summed E-state index contributed by atoms with van der Waals surface area (Å²) >= 11 is 8.72. The van der Waals surface area contributed by atoms with Crippen molar-refractivity contribution in [1.29, 1.82) is 0 Å². The number of alkyl halides is 1. The quantitative estimate of drug-likeness (QED) is 0.803. The fourth-order valence-electron chi connectivity index (χ4n) is 1.47. The molecule has 2 rings (SSSR count). The van der Waals surface area contributed by atoms with Gasteiger partial charge in [0, 0.05) is 30.5 Å². The SMILES string of the molecule is O=S(=O)(c1cc(CCl)cs1)N1CCSCC1. The molecule has 1 aliphatic rings. The van der Waals surface area contributed by atoms with Gasteiger partial charge in [-0.1, -0.05) is 0 Å². The van der Waals surface area contributed by atoms with Gasteiger partial charge in [0.05, 0.1) is 0 Å². The first-order valence-corrected chi connectivity index (χ1v) is 8.87. The van der Waals surface area contributed by atoms with E-state index < -0.39 is 10.0 Å². The van der Waals surface area contributed by atoms with Gasteiger partial charge >= 0.3 is 0 Å². The minimum absolute atomic E-state index is 0.363. The number of hydrogen-bond donors (Lipinski definition) is 0. The maximum absolute atomic E-state index is 12.2. The first-order valence-electron chi connectivity index (χ1n) is 4.86. The van der Waals surface area contributed by atoms with Crippen molar-refractivity contribution in [3.05, 3.63) is 17.0 Å². The molecular formula is C9H12ClNO2S3. The third-order valence-electron chi connectivity index (χ3n) is 2.35. The predicted octanol–water partition coefficient (Wildman–Crippen LogP) is 2.22. The van der Waals surface area contributed by atoms with Crippen molar-refractivity contribution in [2.24, 2.45) is 0 Å². The molecule has 0 aliphatic carbocycles. The number of thiophene rings is 1. The second-order valence-electron chi connectivity index (χ2n) is 3.42. The van der Waals surface area contributed by atoms with Crippen LogP contribution in [-0.4, -0.2) is 37.3 Å². The van der Waals surface area contributed by atoms with Crippen molar-refractivity contribution in [2.75, 3.05) is 24.6 Å². The van der Waals surface area contributed by atoms with Crippen molar-refractivity contribution in [2.45, 2.75) is 10.1 Å². The highest BCUT2D eigenvalue weighted by Crippen LogP contribution is 2.26. The van der Waals surface area contributed by atoms with Crippen LogP contribution in [0, 0.1) is 0 Å². The minimum atomic E-state index is -3.27. The van der Waals surface area contributed by atoms with Gasteiger partial charge in [-0.15, -0.1) is 22.9 Å². The van der Waals surface area contributed by atoms with Gasteiger partial charge in [0.1, 0.15) is 4.21 Å². The van der Waals surface area contributed by atoms with Gasteiger partial charge in [-0.2, -0.15) is 16.1 Å². The Morgan fingerprint density at radius 3 is 2.62 bits per heavy atom. The fraction of sp³-hybridized carbons (Fsp3) is 0.556. The Bertz CT molecular complexity index is 451. The number of sulfonamides is 1. The molecule has 0 unspecified atom stereocenters. The largest absolute Gasteiger partial charge is 0.252 e. The standard InChI is InChI=1S/C9H12ClNO2S3/c10-6-8-5-9(15-7-8)16(12,13)11-1-3-14-4-2-11/h5,7H,1-4,6H2. The molecule has 90 valence electrons. The Kier molecular flexibility index (Phi) is 4.18. The van der Waals surface area contributed by atoms with E-state index in [-0.39, 0.29) is 0 Å². The van der Waals surface area contributed by atoms with Crippen molar-refractivity contribution in [3.8, 4) is 0 Å². The number of rotatable bonds is 3. The smallest absolute Gasteiger partial charge is 0.206 e. The van der Waals surface area contributed by atoms with E-state index in [1.54, 1.807) is 27.5 Å². The molecule has 1 aromatic rings. The summed E-state index contributed by atoms with van der Waals surface area (Å²) < 4.78 is 26.4. The number of halogens is 1. The molecule has 16 heavy (non-hydrogen) atoms. The molecular weight excluding hydrogens is 286 g/mol. The Hall–Kier alpha value is 0.250. The van der Waals surface area contributed by atoms with Crippen LogP contribution in [0.4, 0.5) is 0 Å². The molecule has 1 saturated heterocycles. The first kappa shape index (κ1) is 12.7. The van der Waals surface area contributed by atoms with Crippen molar-refractivity contribution >= 4 is 44.7 Å². The van der Waals surface area contributed by atoms with Gasteiger partial charge in [0.25, 0.3) is 10.0 Å². The van der Waals surface area contributed by atoms with E-state index in [0.717, 1.165) is 17.1 Å². The maximum Gasteiger partial charge on any atom is 0.252 e. The molecule has 3 nitrogen and oxygen atoms in total. The Labute approximate surface area is 109 Å². The lowest BCUT2D eigenvalue weighted by molar-refractivity contribution is 0.445. The molecule has 0 aromatic carbocycles. The van der Waals surface area contributed by atoms with Crippen LogP contribution in [0.5, 0.6) is 0 Å². The van der Waals surface area contributed by atoms with Gasteiger partial charge in [-0.25, -0.2) is 8.42 Å². The molecule has 0 amide bonds. The first-order chi connectivity index (χ1) is 7.64. The lowest BCUT2D eigenvalue weighted by atomic mass is 10.4. The number of hydrogen-bond acceptors (Lipinski definition) is 4. The Morgan fingerprint density at radius 1 is 1.38 bits per heavy atom. The number of thioether (sulfide) groups is 1. The summed E-state index contributed by atoms with van der Waals surface area (Å²) in [6, 6.07) is 1.68. The van der Waals surface area contributed by atoms with E-state index in [1.807, 2.05) is 0 Å². The molecule has 1 aromatic heterocycles. The zero-order valence-corrected chi connectivity index (χ0v) is 11.8. The number of nitrogens with zero attached hydrogens (tertiary/aromatic N) is 1. The summed E-state index contributed by atoms with van der Waals surface area (Å²) in [7, 11) is -3.27. The Morgan fingerprint density at radius 2 is 2.06 bits per heavy atom. The van der Waals surface area contributed by atoms with Crippen LogP contribution in [0.15, 0.2) is 15.7 Å². The minimum Gasteiger partial charge on any atom is -0.206 e. The molecule has 0 spiro atoms. The summed E-state index contributed by atoms with van der Waals surface area (Å²) in [5, 5.41) is 1.80. The molecule has 2 heterocycles. The zero-order valence-electron chi connectivity index (χ0n) is 8.56. The molecule has 7 heteroatoms. The van der Waals surface area contributed by atoms with Crippen LogP contribution in [-0.2, 0) is 15.9 Å². The topological polar surface area (TPSA) is 37.4 Å². The maximum atomic E-state index is 12.2. The van der Waals surface area contributed by atoms with Crippen LogP contribution in [0.2, 0.25) is 0 Å². The summed E-state index contributed by atoms with van der Waals surface area (Å²) in [5.74, 6) is 2.13. The highest BCUT2D eigenvalue weighted by molar-refractivity contribution is 7.99. The average molecular weight is 298 g/mol. The third kappa shape index (κ3) is 2.56. The van der Waals surface area contributed by atoms with Crippen LogP contribution >= 0.6 is 34.7 Å². The molecule has 0 atom stereocenters. The second kappa shape index (κ2) is 5.27. The second-order valence-corrected chi connectivity index (χ2v) is 7.99. The average Bonchev–Trinajstić information content (AvgIpc) is 2.79. The summed E-state index contributed by atoms with van der Waals surface area (Å²) in [6.45, 7) is 1.22. The van der Waals surface area contributed by atoms with Gasteiger partial charge in [0.2, 0.25) is 0 Å². The molecule has 0 radical (unpaired) electrons. The lowest BCUT2D eigenvalue weighted by Crippen LogP contribution is -2.37. The van der Waals surface area contributed by atoms with Crippen molar-refractivity contribution < 1.29 is 8.42 Å².